The SMILES string of the molecule is COC(=O)c1cnc(-c2nccs2)[nH]1. The number of imidazole rings is 1. The first-order valence-electron chi connectivity index (χ1n) is 3.84. The average molecular weight is 209 g/mol. The summed E-state index contributed by atoms with van der Waals surface area (Å²) in [6.07, 6.45) is 3.11. The van der Waals surface area contributed by atoms with Crippen molar-refractivity contribution in [1.82, 2.24) is 15.0 Å². The number of methoxy groups -OCH3 is 1. The number of thiazole rings is 1. The van der Waals surface area contributed by atoms with Gasteiger partial charge in [-0.1, -0.05) is 0 Å². The molecule has 14 heavy (non-hydrogen) atoms. The highest BCUT2D eigenvalue weighted by molar-refractivity contribution is 7.13. The molecular weight excluding hydrogens is 202 g/mol. The minimum Gasteiger partial charge on any atom is -0.464 e. The molecule has 0 bridgehead atoms. The van der Waals surface area contributed by atoms with Crippen molar-refractivity contribution in [1.29, 1.82) is 0 Å². The summed E-state index contributed by atoms with van der Waals surface area (Å²) in [5, 5.41) is 2.59. The number of aromatic amines is 1. The van der Waals surface area contributed by atoms with E-state index in [0.29, 0.717) is 11.5 Å². The Hall–Kier alpha value is -1.69. The highest BCUT2D eigenvalue weighted by Gasteiger charge is 2.11. The third kappa shape index (κ3) is 1.51. The van der Waals surface area contributed by atoms with Crippen LogP contribution in [0, 0.1) is 0 Å². The molecule has 5 nitrogen and oxygen atoms in total. The van der Waals surface area contributed by atoms with E-state index in [1.807, 2.05) is 5.38 Å². The average Bonchev–Trinajstić information content (AvgIpc) is 2.86. The second kappa shape index (κ2) is 3.59. The van der Waals surface area contributed by atoms with Crippen molar-refractivity contribution in [2.45, 2.75) is 0 Å². The Morgan fingerprint density at radius 1 is 1.57 bits per heavy atom. The van der Waals surface area contributed by atoms with Gasteiger partial charge in [-0.25, -0.2) is 14.8 Å². The Kier molecular flexibility index (Phi) is 2.28. The lowest BCUT2D eigenvalue weighted by Crippen LogP contribution is -2.00. The molecule has 0 spiro atoms. The Bertz CT molecular complexity index is 435. The Morgan fingerprint density at radius 2 is 2.43 bits per heavy atom. The largest absolute Gasteiger partial charge is 0.464 e. The van der Waals surface area contributed by atoms with Crippen LogP contribution in [0.5, 0.6) is 0 Å². The number of hydrogen-bond acceptors (Lipinski definition) is 5. The molecule has 1 N–H and O–H groups in total. The fourth-order valence-electron chi connectivity index (χ4n) is 0.984. The van der Waals surface area contributed by atoms with Crippen LogP contribution < -0.4 is 0 Å². The van der Waals surface area contributed by atoms with Crippen LogP contribution in [-0.4, -0.2) is 28.0 Å². The van der Waals surface area contributed by atoms with Gasteiger partial charge in [-0.2, -0.15) is 0 Å². The van der Waals surface area contributed by atoms with Gasteiger partial charge in [-0.05, 0) is 0 Å². The maximum atomic E-state index is 11.1. The van der Waals surface area contributed by atoms with Crippen molar-refractivity contribution in [3.05, 3.63) is 23.5 Å². The van der Waals surface area contributed by atoms with Crippen molar-refractivity contribution in [3.63, 3.8) is 0 Å². The van der Waals surface area contributed by atoms with Gasteiger partial charge in [0.1, 0.15) is 5.69 Å². The van der Waals surface area contributed by atoms with Crippen molar-refractivity contribution in [3.8, 4) is 10.8 Å². The predicted octanol–water partition coefficient (Wildman–Crippen LogP) is 1.32. The molecule has 0 aliphatic carbocycles. The van der Waals surface area contributed by atoms with Gasteiger partial charge in [0.15, 0.2) is 10.8 Å². The van der Waals surface area contributed by atoms with Crippen molar-refractivity contribution < 1.29 is 9.53 Å². The molecule has 0 radical (unpaired) electrons. The van der Waals surface area contributed by atoms with Crippen molar-refractivity contribution in [2.75, 3.05) is 7.11 Å². The molecule has 0 saturated heterocycles. The van der Waals surface area contributed by atoms with E-state index in [-0.39, 0.29) is 0 Å². The van der Waals surface area contributed by atoms with Crippen molar-refractivity contribution in [2.24, 2.45) is 0 Å². The minimum absolute atomic E-state index is 0.331. The molecule has 0 unspecified atom stereocenters. The van der Waals surface area contributed by atoms with Crippen LogP contribution >= 0.6 is 11.3 Å². The number of ether oxygens (including phenoxy) is 1. The molecule has 0 fully saturated rings. The summed E-state index contributed by atoms with van der Waals surface area (Å²) in [4.78, 5) is 22.0. The zero-order valence-electron chi connectivity index (χ0n) is 7.35. The molecule has 2 heterocycles. The molecule has 6 heteroatoms. The van der Waals surface area contributed by atoms with Gasteiger partial charge in [0, 0.05) is 11.6 Å². The van der Waals surface area contributed by atoms with Crippen LogP contribution in [0.3, 0.4) is 0 Å². The summed E-state index contributed by atoms with van der Waals surface area (Å²) in [7, 11) is 1.33. The van der Waals surface area contributed by atoms with Gasteiger partial charge in [0.2, 0.25) is 0 Å². The molecule has 0 saturated carbocycles. The van der Waals surface area contributed by atoms with Crippen LogP contribution in [0.4, 0.5) is 0 Å². The number of rotatable bonds is 2. The molecular formula is C8H7N3O2S. The van der Waals surface area contributed by atoms with Gasteiger partial charge in [0.25, 0.3) is 0 Å². The van der Waals surface area contributed by atoms with Crippen molar-refractivity contribution >= 4 is 17.3 Å². The number of carbonyl (C=O) groups is 1. The highest BCUT2D eigenvalue weighted by atomic mass is 32.1. The first-order chi connectivity index (χ1) is 6.81. The summed E-state index contributed by atoms with van der Waals surface area (Å²) < 4.78 is 4.54. The van der Waals surface area contributed by atoms with Crippen LogP contribution in [-0.2, 0) is 4.74 Å². The maximum Gasteiger partial charge on any atom is 0.356 e. The number of nitrogens with zero attached hydrogens (tertiary/aromatic N) is 2. The first kappa shape index (κ1) is 8.89. The molecule has 0 aromatic carbocycles. The second-order valence-electron chi connectivity index (χ2n) is 2.47. The molecule has 2 aromatic rings. The van der Waals surface area contributed by atoms with Crippen LogP contribution in [0.2, 0.25) is 0 Å². The lowest BCUT2D eigenvalue weighted by molar-refractivity contribution is 0.0595. The third-order valence-corrected chi connectivity index (χ3v) is 2.40. The Balaban J connectivity index is 2.31. The second-order valence-corrected chi connectivity index (χ2v) is 3.37. The Labute approximate surface area is 83.8 Å². The van der Waals surface area contributed by atoms with E-state index in [4.69, 9.17) is 0 Å². The zero-order valence-corrected chi connectivity index (χ0v) is 8.17. The summed E-state index contributed by atoms with van der Waals surface area (Å²) in [5.74, 6) is 0.153. The lowest BCUT2D eigenvalue weighted by Gasteiger charge is -1.92. The summed E-state index contributed by atoms with van der Waals surface area (Å²) >= 11 is 1.45. The normalized spacial score (nSPS) is 10.1. The zero-order chi connectivity index (χ0) is 9.97. The third-order valence-electron chi connectivity index (χ3n) is 1.62. The number of H-pyrrole nitrogens is 1. The fraction of sp³-hybridized carbons (Fsp3) is 0.125. The summed E-state index contributed by atoms with van der Waals surface area (Å²) in [6, 6.07) is 0. The first-order valence-corrected chi connectivity index (χ1v) is 4.72. The van der Waals surface area contributed by atoms with E-state index < -0.39 is 5.97 Å². The van der Waals surface area contributed by atoms with Crippen LogP contribution in [0.1, 0.15) is 10.5 Å². The predicted molar refractivity (Wildman–Crippen MR) is 51.0 cm³/mol. The molecule has 0 amide bonds. The van der Waals surface area contributed by atoms with E-state index >= 15 is 0 Å². The number of esters is 1. The molecule has 0 aliphatic heterocycles. The van der Waals surface area contributed by atoms with Gasteiger partial charge in [-0.3, -0.25) is 0 Å². The summed E-state index contributed by atoms with van der Waals surface area (Å²) in [5.41, 5.74) is 0.331. The monoisotopic (exact) mass is 209 g/mol. The van der Waals surface area contributed by atoms with Gasteiger partial charge < -0.3 is 9.72 Å². The fourth-order valence-corrected chi connectivity index (χ4v) is 1.57. The molecule has 2 rings (SSSR count). The smallest absolute Gasteiger partial charge is 0.356 e. The number of carbonyl (C=O) groups excluding carboxylic acids is 1. The number of nitrogens with one attached hydrogen (secondary N) is 1. The van der Waals surface area contributed by atoms with E-state index in [1.165, 1.54) is 24.6 Å². The number of hydrogen-bond donors (Lipinski definition) is 1. The number of aromatic nitrogens is 3. The van der Waals surface area contributed by atoms with Gasteiger partial charge in [-0.15, -0.1) is 11.3 Å². The summed E-state index contributed by atoms with van der Waals surface area (Å²) in [6.45, 7) is 0. The molecule has 0 aliphatic rings. The van der Waals surface area contributed by atoms with Gasteiger partial charge >= 0.3 is 5.97 Å². The minimum atomic E-state index is -0.430. The maximum absolute atomic E-state index is 11.1. The molecule has 72 valence electrons. The Morgan fingerprint density at radius 3 is 3.07 bits per heavy atom. The highest BCUT2D eigenvalue weighted by Crippen LogP contribution is 2.17. The van der Waals surface area contributed by atoms with E-state index in [9.17, 15) is 4.79 Å². The molecule has 2 aromatic heterocycles. The standard InChI is InChI=1S/C8H7N3O2S/c1-13-8(12)5-4-10-6(11-5)7-9-2-3-14-7/h2-4H,1H3,(H,10,11). The van der Waals surface area contributed by atoms with Crippen LogP contribution in [0.15, 0.2) is 17.8 Å². The quantitative estimate of drug-likeness (QED) is 0.757. The van der Waals surface area contributed by atoms with Crippen LogP contribution in [0.25, 0.3) is 10.8 Å². The lowest BCUT2D eigenvalue weighted by atomic mass is 10.5. The van der Waals surface area contributed by atoms with Gasteiger partial charge in [0.05, 0.1) is 13.3 Å². The topological polar surface area (TPSA) is 67.9 Å². The van der Waals surface area contributed by atoms with E-state index in [2.05, 4.69) is 19.7 Å². The van der Waals surface area contributed by atoms with E-state index in [1.54, 1.807) is 6.20 Å². The van der Waals surface area contributed by atoms with E-state index in [0.717, 1.165) is 5.01 Å². The molecule has 0 atom stereocenters.